The summed E-state index contributed by atoms with van der Waals surface area (Å²) >= 11 is 0. The van der Waals surface area contributed by atoms with E-state index in [2.05, 4.69) is 13.8 Å². The van der Waals surface area contributed by atoms with Crippen LogP contribution in [0.4, 0.5) is 0 Å². The van der Waals surface area contributed by atoms with E-state index in [0.717, 1.165) is 12.5 Å². The second-order valence-corrected chi connectivity index (χ2v) is 2.70. The summed E-state index contributed by atoms with van der Waals surface area (Å²) in [5, 5.41) is 0. The minimum atomic E-state index is 0.574. The molecule has 1 aliphatic heterocycles. The van der Waals surface area contributed by atoms with Gasteiger partial charge in [-0.05, 0) is 18.8 Å². The number of rotatable bonds is 1. The average molecular weight is 114 g/mol. The lowest BCUT2D eigenvalue weighted by molar-refractivity contribution is 0.105. The monoisotopic (exact) mass is 114 g/mol. The van der Waals surface area contributed by atoms with Gasteiger partial charge in [-0.15, -0.1) is 0 Å². The summed E-state index contributed by atoms with van der Waals surface area (Å²) < 4.78 is 5.41. The molecule has 1 heterocycles. The predicted octanol–water partition coefficient (Wildman–Crippen LogP) is 1.82. The molecule has 1 heteroatoms. The Balaban J connectivity index is 2.22. The topological polar surface area (TPSA) is 9.23 Å². The molecule has 1 rings (SSSR count). The van der Waals surface area contributed by atoms with Crippen LogP contribution in [-0.2, 0) is 4.74 Å². The molecule has 0 radical (unpaired) electrons. The van der Waals surface area contributed by atoms with Crippen molar-refractivity contribution in [3.8, 4) is 0 Å². The molecule has 1 aliphatic rings. The zero-order valence-electron chi connectivity index (χ0n) is 5.68. The lowest BCUT2D eigenvalue weighted by atomic mass is 10.1. The van der Waals surface area contributed by atoms with Crippen LogP contribution in [0.25, 0.3) is 0 Å². The number of ether oxygens (including phenoxy) is 1. The maximum Gasteiger partial charge on any atom is 0.0576 e. The van der Waals surface area contributed by atoms with Crippen molar-refractivity contribution in [1.29, 1.82) is 0 Å². The maximum atomic E-state index is 5.41. The summed E-state index contributed by atoms with van der Waals surface area (Å²) in [5.41, 5.74) is 0. The van der Waals surface area contributed by atoms with E-state index in [9.17, 15) is 0 Å². The SMILES string of the molecule is CCC1CC(C)CO1. The number of hydrogen-bond acceptors (Lipinski definition) is 1. The van der Waals surface area contributed by atoms with Gasteiger partial charge >= 0.3 is 0 Å². The smallest absolute Gasteiger partial charge is 0.0576 e. The first kappa shape index (κ1) is 6.09. The molecule has 48 valence electrons. The zero-order chi connectivity index (χ0) is 5.98. The molecule has 0 amide bonds. The maximum absolute atomic E-state index is 5.41. The van der Waals surface area contributed by atoms with Gasteiger partial charge in [0, 0.05) is 6.61 Å². The average Bonchev–Trinajstić information content (AvgIpc) is 2.14. The second kappa shape index (κ2) is 2.49. The van der Waals surface area contributed by atoms with Crippen molar-refractivity contribution < 1.29 is 4.74 Å². The molecule has 0 aliphatic carbocycles. The fraction of sp³-hybridized carbons (Fsp3) is 1.00. The highest BCUT2D eigenvalue weighted by molar-refractivity contribution is 4.67. The molecule has 1 fully saturated rings. The summed E-state index contributed by atoms with van der Waals surface area (Å²) in [7, 11) is 0. The summed E-state index contributed by atoms with van der Waals surface area (Å²) in [6.07, 6.45) is 3.03. The van der Waals surface area contributed by atoms with Crippen LogP contribution in [0.3, 0.4) is 0 Å². The van der Waals surface area contributed by atoms with Gasteiger partial charge in [0.1, 0.15) is 0 Å². The molecule has 1 saturated heterocycles. The van der Waals surface area contributed by atoms with Gasteiger partial charge < -0.3 is 4.74 Å². The van der Waals surface area contributed by atoms with Crippen molar-refractivity contribution in [2.24, 2.45) is 5.92 Å². The van der Waals surface area contributed by atoms with Crippen LogP contribution >= 0.6 is 0 Å². The van der Waals surface area contributed by atoms with E-state index in [-0.39, 0.29) is 0 Å². The third-order valence-electron chi connectivity index (χ3n) is 1.74. The van der Waals surface area contributed by atoms with Crippen LogP contribution in [0.2, 0.25) is 0 Å². The summed E-state index contributed by atoms with van der Waals surface area (Å²) in [4.78, 5) is 0. The van der Waals surface area contributed by atoms with E-state index in [4.69, 9.17) is 4.74 Å². The van der Waals surface area contributed by atoms with E-state index in [0.29, 0.717) is 6.10 Å². The Kier molecular flexibility index (Phi) is 1.90. The van der Waals surface area contributed by atoms with E-state index in [1.54, 1.807) is 0 Å². The van der Waals surface area contributed by atoms with Crippen LogP contribution < -0.4 is 0 Å². The zero-order valence-corrected chi connectivity index (χ0v) is 5.68. The highest BCUT2D eigenvalue weighted by Crippen LogP contribution is 2.20. The molecular weight excluding hydrogens is 100 g/mol. The van der Waals surface area contributed by atoms with Gasteiger partial charge in [-0.2, -0.15) is 0 Å². The van der Waals surface area contributed by atoms with E-state index in [1.165, 1.54) is 12.8 Å². The normalized spacial score (nSPS) is 38.2. The lowest BCUT2D eigenvalue weighted by Crippen LogP contribution is -2.00. The van der Waals surface area contributed by atoms with Crippen molar-refractivity contribution in [3.63, 3.8) is 0 Å². The quantitative estimate of drug-likeness (QED) is 0.505. The van der Waals surface area contributed by atoms with E-state index in [1.807, 2.05) is 0 Å². The van der Waals surface area contributed by atoms with E-state index < -0.39 is 0 Å². The summed E-state index contributed by atoms with van der Waals surface area (Å²) in [6, 6.07) is 0. The first-order valence-electron chi connectivity index (χ1n) is 3.44. The van der Waals surface area contributed by atoms with Gasteiger partial charge in [0.2, 0.25) is 0 Å². The first-order chi connectivity index (χ1) is 3.83. The Labute approximate surface area is 51.0 Å². The molecule has 0 N–H and O–H groups in total. The van der Waals surface area contributed by atoms with Gasteiger partial charge in [0.15, 0.2) is 0 Å². The van der Waals surface area contributed by atoms with E-state index >= 15 is 0 Å². The summed E-state index contributed by atoms with van der Waals surface area (Å²) in [6.45, 7) is 5.41. The molecule has 0 aromatic rings. The Morgan fingerprint density at radius 3 is 2.62 bits per heavy atom. The van der Waals surface area contributed by atoms with Crippen LogP contribution in [0.5, 0.6) is 0 Å². The molecule has 0 aromatic heterocycles. The highest BCUT2D eigenvalue weighted by Gasteiger charge is 2.19. The lowest BCUT2D eigenvalue weighted by Gasteiger charge is -2.01. The molecule has 0 spiro atoms. The Hall–Kier alpha value is -0.0400. The molecule has 8 heavy (non-hydrogen) atoms. The van der Waals surface area contributed by atoms with Crippen LogP contribution in [0.1, 0.15) is 26.7 Å². The molecule has 1 nitrogen and oxygen atoms in total. The molecular formula is C7H14O. The Morgan fingerprint density at radius 1 is 1.62 bits per heavy atom. The largest absolute Gasteiger partial charge is 0.378 e. The first-order valence-corrected chi connectivity index (χ1v) is 3.44. The number of hydrogen-bond donors (Lipinski definition) is 0. The third kappa shape index (κ3) is 1.22. The van der Waals surface area contributed by atoms with Gasteiger partial charge in [-0.3, -0.25) is 0 Å². The van der Waals surface area contributed by atoms with Crippen molar-refractivity contribution >= 4 is 0 Å². The minimum Gasteiger partial charge on any atom is -0.378 e. The van der Waals surface area contributed by atoms with Crippen LogP contribution in [-0.4, -0.2) is 12.7 Å². The summed E-state index contributed by atoms with van der Waals surface area (Å²) in [5.74, 6) is 0.806. The Bertz CT molecular complexity index is 70.8. The molecule has 0 saturated carbocycles. The van der Waals surface area contributed by atoms with Crippen LogP contribution in [0.15, 0.2) is 0 Å². The predicted molar refractivity (Wildman–Crippen MR) is 33.8 cm³/mol. The van der Waals surface area contributed by atoms with Gasteiger partial charge in [0.05, 0.1) is 6.10 Å². The van der Waals surface area contributed by atoms with Gasteiger partial charge in [0.25, 0.3) is 0 Å². The van der Waals surface area contributed by atoms with Crippen molar-refractivity contribution in [1.82, 2.24) is 0 Å². The molecule has 2 unspecified atom stereocenters. The van der Waals surface area contributed by atoms with Gasteiger partial charge in [-0.1, -0.05) is 13.8 Å². The fourth-order valence-electron chi connectivity index (χ4n) is 1.17. The third-order valence-corrected chi connectivity index (χ3v) is 1.74. The molecule has 0 aromatic carbocycles. The fourth-order valence-corrected chi connectivity index (χ4v) is 1.17. The Morgan fingerprint density at radius 2 is 2.38 bits per heavy atom. The van der Waals surface area contributed by atoms with Gasteiger partial charge in [-0.25, -0.2) is 0 Å². The minimum absolute atomic E-state index is 0.574. The highest BCUT2D eigenvalue weighted by atomic mass is 16.5. The second-order valence-electron chi connectivity index (χ2n) is 2.70. The van der Waals surface area contributed by atoms with Crippen molar-refractivity contribution in [2.75, 3.05) is 6.61 Å². The van der Waals surface area contributed by atoms with Crippen molar-refractivity contribution in [2.45, 2.75) is 32.8 Å². The van der Waals surface area contributed by atoms with Crippen molar-refractivity contribution in [3.05, 3.63) is 0 Å². The standard InChI is InChI=1S/C7H14O/c1-3-7-4-6(2)5-8-7/h6-7H,3-5H2,1-2H3. The van der Waals surface area contributed by atoms with Crippen LogP contribution in [0, 0.1) is 5.92 Å². The molecule has 2 atom stereocenters. The molecule has 0 bridgehead atoms.